The molecular weight excluding hydrogens is 124 g/mol. The Hall–Kier alpha value is -0.600. The Morgan fingerprint density at radius 3 is 2.78 bits per heavy atom. The number of alkyl halides is 1. The number of hydrogen-bond donors (Lipinski definition) is 0. The first kappa shape index (κ1) is 6.52. The maximum Gasteiger partial charge on any atom is 0.142 e. The number of allylic oxidation sites excluding steroid dienone is 1. The van der Waals surface area contributed by atoms with Crippen LogP contribution in [0.15, 0.2) is 12.3 Å². The van der Waals surface area contributed by atoms with Crippen LogP contribution < -0.4 is 0 Å². The predicted octanol–water partition coefficient (Wildman–Crippen LogP) is 1.82. The Balaban J connectivity index is 2.52. The van der Waals surface area contributed by atoms with Crippen LogP contribution in [-0.4, -0.2) is 17.8 Å². The Labute approximate surface area is 52.9 Å². The molecule has 1 nitrogen and oxygen atoms in total. The van der Waals surface area contributed by atoms with Crippen LogP contribution >= 0.6 is 0 Å². The van der Waals surface area contributed by atoms with E-state index < -0.39 is 6.17 Å². The lowest BCUT2D eigenvalue weighted by Crippen LogP contribution is -2.26. The summed E-state index contributed by atoms with van der Waals surface area (Å²) in [6.45, 7) is 3.54. The predicted molar refractivity (Wildman–Crippen MR) is 31.1 cm³/mol. The first-order valence-corrected chi connectivity index (χ1v) is 2.98. The van der Waals surface area contributed by atoms with E-state index in [1.54, 1.807) is 0 Å². The van der Waals surface area contributed by atoms with Gasteiger partial charge in [-0.2, -0.15) is 0 Å². The largest absolute Gasteiger partial charge is 0.241 e. The lowest BCUT2D eigenvalue weighted by atomic mass is 10.1. The number of halogens is 2. The molecular formula is C6H9F2N. The van der Waals surface area contributed by atoms with Crippen molar-refractivity contribution in [2.45, 2.75) is 19.0 Å². The van der Waals surface area contributed by atoms with Crippen molar-refractivity contribution in [3.05, 3.63) is 12.3 Å². The summed E-state index contributed by atoms with van der Waals surface area (Å²) in [4.78, 5) is 0. The summed E-state index contributed by atoms with van der Waals surface area (Å²) < 4.78 is 24.8. The molecule has 0 aromatic carbocycles. The summed E-state index contributed by atoms with van der Waals surface area (Å²) in [5.74, 6) is 0. The Morgan fingerprint density at radius 2 is 2.33 bits per heavy atom. The van der Waals surface area contributed by atoms with Crippen LogP contribution in [-0.2, 0) is 0 Å². The highest BCUT2D eigenvalue weighted by atomic mass is 19.2. The molecule has 9 heavy (non-hydrogen) atoms. The molecule has 1 fully saturated rings. The summed E-state index contributed by atoms with van der Waals surface area (Å²) in [6, 6.07) is 0. The minimum atomic E-state index is -1.16. The van der Waals surface area contributed by atoms with Gasteiger partial charge in [0.15, 0.2) is 0 Å². The van der Waals surface area contributed by atoms with Crippen molar-refractivity contribution >= 4 is 0 Å². The van der Waals surface area contributed by atoms with Crippen molar-refractivity contribution < 1.29 is 8.87 Å². The summed E-state index contributed by atoms with van der Waals surface area (Å²) >= 11 is 0. The molecule has 0 N–H and O–H groups in total. The molecule has 52 valence electrons. The van der Waals surface area contributed by atoms with Crippen molar-refractivity contribution in [2.75, 3.05) is 6.54 Å². The molecule has 1 atom stereocenters. The van der Waals surface area contributed by atoms with Gasteiger partial charge >= 0.3 is 0 Å². The molecule has 0 aromatic rings. The van der Waals surface area contributed by atoms with Gasteiger partial charge < -0.3 is 0 Å². The number of hydrogen-bond acceptors (Lipinski definition) is 1. The molecule has 0 aromatic heterocycles. The number of nitrogens with zero attached hydrogens (tertiary/aromatic N) is 1. The smallest absolute Gasteiger partial charge is 0.142 e. The standard InChI is InChI=1S/C6H9F2N/c1-5-6(7)3-2-4-9(5)8/h6H,1-4H2. The molecule has 1 aliphatic heterocycles. The number of piperidine rings is 1. The van der Waals surface area contributed by atoms with Crippen molar-refractivity contribution in [1.29, 1.82) is 0 Å². The van der Waals surface area contributed by atoms with Crippen molar-refractivity contribution in [3.8, 4) is 0 Å². The van der Waals surface area contributed by atoms with Crippen LogP contribution in [0.1, 0.15) is 12.8 Å². The summed E-state index contributed by atoms with van der Waals surface area (Å²) in [5.41, 5.74) is -0.0266. The van der Waals surface area contributed by atoms with Gasteiger partial charge in [0.1, 0.15) is 6.17 Å². The molecule has 0 bridgehead atoms. The van der Waals surface area contributed by atoms with Gasteiger partial charge in [-0.15, -0.1) is 4.48 Å². The molecule has 0 spiro atoms. The molecule has 0 aliphatic carbocycles. The lowest BCUT2D eigenvalue weighted by Gasteiger charge is -2.24. The fourth-order valence-electron chi connectivity index (χ4n) is 0.872. The highest BCUT2D eigenvalue weighted by Gasteiger charge is 2.22. The van der Waals surface area contributed by atoms with Crippen LogP contribution in [0.5, 0.6) is 0 Å². The van der Waals surface area contributed by atoms with Crippen LogP contribution in [0.4, 0.5) is 8.87 Å². The van der Waals surface area contributed by atoms with Gasteiger partial charge in [-0.05, 0) is 12.8 Å². The van der Waals surface area contributed by atoms with E-state index in [2.05, 4.69) is 6.58 Å². The quantitative estimate of drug-likeness (QED) is 0.455. The summed E-state index contributed by atoms with van der Waals surface area (Å²) in [6.07, 6.45) is -0.167. The Morgan fingerprint density at radius 1 is 1.67 bits per heavy atom. The first-order chi connectivity index (χ1) is 4.22. The normalized spacial score (nSPS) is 28.9. The Bertz CT molecular complexity index is 112. The second-order valence-electron chi connectivity index (χ2n) is 2.19. The molecule has 1 heterocycles. The highest BCUT2D eigenvalue weighted by molar-refractivity contribution is 5.00. The molecule has 0 radical (unpaired) electrons. The maximum atomic E-state index is 12.4. The Kier molecular flexibility index (Phi) is 1.69. The van der Waals surface area contributed by atoms with Gasteiger partial charge in [0.2, 0.25) is 0 Å². The zero-order chi connectivity index (χ0) is 6.85. The van der Waals surface area contributed by atoms with E-state index in [4.69, 9.17) is 0 Å². The van der Waals surface area contributed by atoms with Gasteiger partial charge in [-0.3, -0.25) is 0 Å². The monoisotopic (exact) mass is 133 g/mol. The summed E-state index contributed by atoms with van der Waals surface area (Å²) in [7, 11) is 0. The van der Waals surface area contributed by atoms with Crippen LogP contribution in [0.2, 0.25) is 0 Å². The molecule has 1 rings (SSSR count). The van der Waals surface area contributed by atoms with E-state index >= 15 is 0 Å². The van der Waals surface area contributed by atoms with Crippen molar-refractivity contribution in [2.24, 2.45) is 0 Å². The van der Waals surface area contributed by atoms with E-state index in [9.17, 15) is 8.87 Å². The topological polar surface area (TPSA) is 3.24 Å². The third-order valence-electron chi connectivity index (χ3n) is 1.49. The van der Waals surface area contributed by atoms with Gasteiger partial charge in [0, 0.05) is 0 Å². The fourth-order valence-corrected chi connectivity index (χ4v) is 0.872. The second kappa shape index (κ2) is 2.33. The summed E-state index contributed by atoms with van der Waals surface area (Å²) in [5, 5.41) is 0.383. The van der Waals surface area contributed by atoms with Gasteiger partial charge in [0.05, 0.1) is 12.2 Å². The molecule has 0 amide bonds. The zero-order valence-corrected chi connectivity index (χ0v) is 5.11. The van der Waals surface area contributed by atoms with Gasteiger partial charge in [0.25, 0.3) is 0 Å². The van der Waals surface area contributed by atoms with Crippen LogP contribution in [0.25, 0.3) is 0 Å². The highest BCUT2D eigenvalue weighted by Crippen LogP contribution is 2.21. The van der Waals surface area contributed by atoms with E-state index in [0.717, 1.165) is 0 Å². The minimum Gasteiger partial charge on any atom is -0.241 e. The molecule has 1 saturated heterocycles. The van der Waals surface area contributed by atoms with Crippen LogP contribution in [0, 0.1) is 0 Å². The average molecular weight is 133 g/mol. The zero-order valence-electron chi connectivity index (χ0n) is 5.11. The van der Waals surface area contributed by atoms with Crippen molar-refractivity contribution in [3.63, 3.8) is 0 Å². The second-order valence-corrected chi connectivity index (χ2v) is 2.19. The SMILES string of the molecule is C=C1C(F)CCCN1F. The molecule has 1 aliphatic rings. The van der Waals surface area contributed by atoms with Gasteiger partial charge in [-0.25, -0.2) is 9.51 Å². The first-order valence-electron chi connectivity index (χ1n) is 2.98. The van der Waals surface area contributed by atoms with E-state index in [-0.39, 0.29) is 5.70 Å². The third kappa shape index (κ3) is 1.20. The number of rotatable bonds is 0. The van der Waals surface area contributed by atoms with E-state index in [1.165, 1.54) is 0 Å². The van der Waals surface area contributed by atoms with E-state index in [0.29, 0.717) is 24.5 Å². The molecule has 3 heteroatoms. The average Bonchev–Trinajstić information content (AvgIpc) is 1.83. The lowest BCUT2D eigenvalue weighted by molar-refractivity contribution is 0.0243. The van der Waals surface area contributed by atoms with Gasteiger partial charge in [-0.1, -0.05) is 6.58 Å². The van der Waals surface area contributed by atoms with Crippen molar-refractivity contribution in [1.82, 2.24) is 5.12 Å². The molecule has 0 saturated carbocycles. The minimum absolute atomic E-state index is 0.0266. The van der Waals surface area contributed by atoms with Crippen LogP contribution in [0.3, 0.4) is 0 Å². The van der Waals surface area contributed by atoms with E-state index in [1.807, 2.05) is 0 Å². The maximum absolute atomic E-state index is 12.4. The molecule has 1 unspecified atom stereocenters. The fraction of sp³-hybridized carbons (Fsp3) is 0.667. The third-order valence-corrected chi connectivity index (χ3v) is 1.49.